The first-order valence-corrected chi connectivity index (χ1v) is 16.3. The quantitative estimate of drug-likeness (QED) is 0.470. The summed E-state index contributed by atoms with van der Waals surface area (Å²) < 4.78 is 8.07. The van der Waals surface area contributed by atoms with Crippen LogP contribution in [0.25, 0.3) is 10.9 Å². The van der Waals surface area contributed by atoms with Crippen LogP contribution in [0.3, 0.4) is 0 Å². The molecule has 3 atom stereocenters. The highest BCUT2D eigenvalue weighted by molar-refractivity contribution is 6.79. The number of likely N-dealkylation sites (tertiary alicyclic amines) is 1. The zero-order valence-corrected chi connectivity index (χ0v) is 24.6. The topological polar surface area (TPSA) is 66.8 Å². The predicted octanol–water partition coefficient (Wildman–Crippen LogP) is 4.59. The molecule has 7 nitrogen and oxygen atoms in total. The SMILES string of the molecule is CCN(CC)C(=O)N[C@@H]1CN(C)[C@@H]2Cc3cn([Si](C)(C)C(C)(C)C)c4cccc(c34)[C@@]2(C(=O)OC)C1. The van der Waals surface area contributed by atoms with E-state index in [9.17, 15) is 9.59 Å². The number of hydrogen-bond donors (Lipinski definition) is 1. The molecular weight excluding hydrogens is 468 g/mol. The Bertz CT molecular complexity index is 1160. The molecule has 0 unspecified atom stereocenters. The van der Waals surface area contributed by atoms with Gasteiger partial charge in [0, 0.05) is 42.6 Å². The van der Waals surface area contributed by atoms with Gasteiger partial charge in [-0.05, 0) is 62.2 Å². The van der Waals surface area contributed by atoms with Crippen LogP contribution in [0, 0.1) is 0 Å². The summed E-state index contributed by atoms with van der Waals surface area (Å²) in [6.45, 7) is 17.8. The van der Waals surface area contributed by atoms with Crippen LogP contribution in [0.2, 0.25) is 18.1 Å². The number of carbonyl (C=O) groups is 2. The van der Waals surface area contributed by atoms with Gasteiger partial charge in [-0.1, -0.05) is 46.0 Å². The van der Waals surface area contributed by atoms with Gasteiger partial charge in [-0.15, -0.1) is 0 Å². The Labute approximate surface area is 217 Å². The van der Waals surface area contributed by atoms with Crippen molar-refractivity contribution in [2.75, 3.05) is 33.8 Å². The fourth-order valence-corrected chi connectivity index (χ4v) is 8.36. The van der Waals surface area contributed by atoms with E-state index in [1.807, 2.05) is 13.8 Å². The van der Waals surface area contributed by atoms with E-state index in [4.69, 9.17) is 4.74 Å². The first-order valence-electron chi connectivity index (χ1n) is 13.3. The standard InChI is InChI=1S/C28H44N4O3Si/c1-10-31(11-2)26(34)29-20-16-28(25(33)35-7)21-13-12-14-22-24(21)19(15-23(28)30(6)18-20)17-32(22)36(8,9)27(3,4)5/h12-14,17,20,23H,10-11,15-16,18H2,1-9H3,(H,29,34)/t20-,23+,28-/m0/s1. The first kappa shape index (κ1) is 26.7. The highest BCUT2D eigenvalue weighted by Gasteiger charge is 2.57. The molecule has 2 aliphatic rings. The Morgan fingerprint density at radius 2 is 1.89 bits per heavy atom. The number of fused-ring (bicyclic) bond motifs is 2. The number of rotatable bonds is 5. The zero-order valence-electron chi connectivity index (χ0n) is 23.6. The van der Waals surface area contributed by atoms with Crippen LogP contribution >= 0.6 is 0 Å². The van der Waals surface area contributed by atoms with E-state index in [0.29, 0.717) is 26.1 Å². The minimum atomic E-state index is -1.89. The van der Waals surface area contributed by atoms with Crippen LogP contribution in [0.5, 0.6) is 0 Å². The van der Waals surface area contributed by atoms with Gasteiger partial charge in [0.2, 0.25) is 0 Å². The fraction of sp³-hybridized carbons (Fsp3) is 0.643. The van der Waals surface area contributed by atoms with Crippen molar-refractivity contribution in [2.45, 2.75) is 83.1 Å². The third-order valence-electron chi connectivity index (χ3n) is 9.35. The molecule has 1 N–H and O–H groups in total. The minimum absolute atomic E-state index is 0.0279. The van der Waals surface area contributed by atoms with E-state index in [2.05, 4.69) is 79.8 Å². The predicted molar refractivity (Wildman–Crippen MR) is 148 cm³/mol. The summed E-state index contributed by atoms with van der Waals surface area (Å²) in [5, 5.41) is 4.60. The number of piperidine rings is 1. The first-order chi connectivity index (χ1) is 16.8. The van der Waals surface area contributed by atoms with Gasteiger partial charge in [-0.3, -0.25) is 9.69 Å². The van der Waals surface area contributed by atoms with Crippen molar-refractivity contribution < 1.29 is 14.3 Å². The van der Waals surface area contributed by atoms with Gasteiger partial charge in [0.05, 0.1) is 7.11 Å². The molecule has 1 fully saturated rings. The van der Waals surface area contributed by atoms with E-state index in [1.165, 1.54) is 23.6 Å². The maximum atomic E-state index is 13.8. The van der Waals surface area contributed by atoms with Crippen molar-refractivity contribution in [3.05, 3.63) is 35.5 Å². The van der Waals surface area contributed by atoms with Crippen molar-refractivity contribution in [1.29, 1.82) is 0 Å². The van der Waals surface area contributed by atoms with E-state index >= 15 is 0 Å². The molecule has 198 valence electrons. The van der Waals surface area contributed by atoms with Gasteiger partial charge in [0.25, 0.3) is 0 Å². The van der Waals surface area contributed by atoms with Gasteiger partial charge >= 0.3 is 12.0 Å². The van der Waals surface area contributed by atoms with Gasteiger partial charge < -0.3 is 19.2 Å². The molecule has 0 saturated carbocycles. The lowest BCUT2D eigenvalue weighted by Crippen LogP contribution is -2.66. The summed E-state index contributed by atoms with van der Waals surface area (Å²) >= 11 is 0. The number of nitrogens with one attached hydrogen (secondary N) is 1. The van der Waals surface area contributed by atoms with Crippen LogP contribution in [-0.4, -0.2) is 80.1 Å². The molecular formula is C28H44N4O3Si. The van der Waals surface area contributed by atoms with Crippen molar-refractivity contribution >= 4 is 31.1 Å². The molecule has 36 heavy (non-hydrogen) atoms. The summed E-state index contributed by atoms with van der Waals surface area (Å²) in [5.41, 5.74) is 2.74. The van der Waals surface area contributed by atoms with Crippen LogP contribution in [0.15, 0.2) is 24.4 Å². The number of likely N-dealkylation sites (N-methyl/N-ethyl adjacent to an activating group) is 1. The average molecular weight is 513 g/mol. The zero-order chi connectivity index (χ0) is 26.6. The summed E-state index contributed by atoms with van der Waals surface area (Å²) in [4.78, 5) is 30.8. The molecule has 2 amide bonds. The second-order valence-electron chi connectivity index (χ2n) is 12.2. The maximum Gasteiger partial charge on any atom is 0.318 e. The van der Waals surface area contributed by atoms with E-state index < -0.39 is 13.7 Å². The van der Waals surface area contributed by atoms with Gasteiger partial charge in [0.15, 0.2) is 8.24 Å². The smallest absolute Gasteiger partial charge is 0.318 e. The molecule has 2 aromatic rings. The highest BCUT2D eigenvalue weighted by atomic mass is 28.3. The van der Waals surface area contributed by atoms with Crippen LogP contribution in [0.1, 0.15) is 52.2 Å². The van der Waals surface area contributed by atoms with Gasteiger partial charge in [0.1, 0.15) is 5.41 Å². The molecule has 0 spiro atoms. The molecule has 2 heterocycles. The fourth-order valence-electron chi connectivity index (χ4n) is 6.37. The van der Waals surface area contributed by atoms with Gasteiger partial charge in [-0.2, -0.15) is 0 Å². The molecule has 0 bridgehead atoms. The third-order valence-corrected chi connectivity index (χ3v) is 14.6. The third kappa shape index (κ3) is 3.88. The Hall–Kier alpha value is -2.32. The van der Waals surface area contributed by atoms with Gasteiger partial charge in [-0.25, -0.2) is 4.79 Å². The second-order valence-corrected chi connectivity index (χ2v) is 17.3. The number of carbonyl (C=O) groups excluding carboxylic acids is 2. The monoisotopic (exact) mass is 512 g/mol. The number of benzene rings is 1. The highest BCUT2D eigenvalue weighted by Crippen LogP contribution is 2.50. The molecule has 1 saturated heterocycles. The maximum absolute atomic E-state index is 13.8. The Kier molecular flexibility index (Phi) is 6.84. The number of esters is 1. The number of nitrogens with zero attached hydrogens (tertiary/aromatic N) is 3. The van der Waals surface area contributed by atoms with Crippen molar-refractivity contribution in [2.24, 2.45) is 0 Å². The van der Waals surface area contributed by atoms with E-state index in [-0.39, 0.29) is 29.1 Å². The number of urea groups is 1. The summed E-state index contributed by atoms with van der Waals surface area (Å²) in [5.74, 6) is -0.209. The molecule has 1 aromatic carbocycles. The molecule has 1 aliphatic heterocycles. The number of methoxy groups -OCH3 is 1. The molecule has 0 radical (unpaired) electrons. The summed E-state index contributed by atoms with van der Waals surface area (Å²) in [6.07, 6.45) is 3.69. The minimum Gasteiger partial charge on any atom is -0.468 e. The van der Waals surface area contributed by atoms with Crippen molar-refractivity contribution in [3.63, 3.8) is 0 Å². The van der Waals surface area contributed by atoms with Crippen LogP contribution in [-0.2, 0) is 21.4 Å². The number of ether oxygens (including phenoxy) is 1. The molecule has 4 rings (SSSR count). The molecule has 8 heteroatoms. The largest absolute Gasteiger partial charge is 0.468 e. The Morgan fingerprint density at radius 1 is 1.22 bits per heavy atom. The molecule has 1 aliphatic carbocycles. The lowest BCUT2D eigenvalue weighted by atomic mass is 9.62. The van der Waals surface area contributed by atoms with Crippen LogP contribution in [0.4, 0.5) is 4.79 Å². The Balaban J connectivity index is 1.88. The van der Waals surface area contributed by atoms with Crippen molar-refractivity contribution in [1.82, 2.24) is 19.3 Å². The number of aromatic nitrogens is 1. The normalized spacial score (nSPS) is 24.4. The van der Waals surface area contributed by atoms with Crippen LogP contribution < -0.4 is 5.32 Å². The lowest BCUT2D eigenvalue weighted by molar-refractivity contribution is -0.153. The average Bonchev–Trinajstić information content (AvgIpc) is 3.20. The summed E-state index contributed by atoms with van der Waals surface area (Å²) in [7, 11) is 1.67. The van der Waals surface area contributed by atoms with Crippen molar-refractivity contribution in [3.8, 4) is 0 Å². The second kappa shape index (κ2) is 9.21. The lowest BCUT2D eigenvalue weighted by Gasteiger charge is -2.52. The summed E-state index contributed by atoms with van der Waals surface area (Å²) in [6, 6.07) is 6.16. The number of hydrogen-bond acceptors (Lipinski definition) is 4. The number of amides is 2. The Morgan fingerprint density at radius 3 is 2.47 bits per heavy atom. The van der Waals surface area contributed by atoms with E-state index in [1.54, 1.807) is 4.90 Å². The van der Waals surface area contributed by atoms with E-state index in [0.717, 1.165) is 12.0 Å². The molecule has 1 aromatic heterocycles.